The molecule has 2 aromatic carbocycles. The van der Waals surface area contributed by atoms with Crippen LogP contribution in [-0.4, -0.2) is 29.2 Å². The fourth-order valence-electron chi connectivity index (χ4n) is 2.95. The number of imidazole rings is 1. The van der Waals surface area contributed by atoms with E-state index in [1.807, 2.05) is 31.2 Å². The fraction of sp³-hybridized carbons (Fsp3) is 0.263. The maximum absolute atomic E-state index is 12.6. The first-order chi connectivity index (χ1) is 13.3. The average molecular weight is 402 g/mol. The van der Waals surface area contributed by atoms with Crippen molar-refractivity contribution in [2.24, 2.45) is 0 Å². The van der Waals surface area contributed by atoms with Crippen LogP contribution in [0.5, 0.6) is 0 Å². The zero-order valence-electron chi connectivity index (χ0n) is 15.7. The minimum Gasteiger partial charge on any atom is -0.325 e. The monoisotopic (exact) mass is 402 g/mol. The molecule has 3 aromatic rings. The molecule has 0 aliphatic heterocycles. The lowest BCUT2D eigenvalue weighted by atomic mass is 10.3. The first kappa shape index (κ1) is 19.7. The normalized spacial score (nSPS) is 11.5. The summed E-state index contributed by atoms with van der Waals surface area (Å²) in [5.74, 6) is -0.367. The van der Waals surface area contributed by atoms with Crippen molar-refractivity contribution < 1.29 is 13.2 Å². The third-order valence-electron chi connectivity index (χ3n) is 4.37. The number of anilines is 2. The van der Waals surface area contributed by atoms with Gasteiger partial charge < -0.3 is 5.32 Å². The number of sulfonamides is 1. The van der Waals surface area contributed by atoms with Crippen molar-refractivity contribution in [3.8, 4) is 0 Å². The van der Waals surface area contributed by atoms with Gasteiger partial charge in [-0.1, -0.05) is 12.1 Å². The van der Waals surface area contributed by atoms with E-state index in [2.05, 4.69) is 10.0 Å². The van der Waals surface area contributed by atoms with Crippen LogP contribution in [-0.2, 0) is 27.9 Å². The predicted octanol–water partition coefficient (Wildman–Crippen LogP) is 2.22. The van der Waals surface area contributed by atoms with Gasteiger partial charge in [-0.2, -0.15) is 0 Å². The van der Waals surface area contributed by atoms with Crippen molar-refractivity contribution in [2.45, 2.75) is 26.9 Å². The Bertz CT molecular complexity index is 1160. The highest BCUT2D eigenvalue weighted by atomic mass is 32.2. The van der Waals surface area contributed by atoms with Gasteiger partial charge in [0.1, 0.15) is 6.54 Å². The largest absolute Gasteiger partial charge is 0.329 e. The Kier molecular flexibility index (Phi) is 5.55. The zero-order chi connectivity index (χ0) is 20.3. The fourth-order valence-corrected chi connectivity index (χ4v) is 3.59. The summed E-state index contributed by atoms with van der Waals surface area (Å²) >= 11 is 0. The number of aromatic nitrogens is 2. The summed E-state index contributed by atoms with van der Waals surface area (Å²) in [7, 11) is -3.35. The second-order valence-corrected chi connectivity index (χ2v) is 8.24. The molecule has 8 nitrogen and oxygen atoms in total. The Hall–Kier alpha value is -3.07. The van der Waals surface area contributed by atoms with Gasteiger partial charge in [0.15, 0.2) is 0 Å². The quantitative estimate of drug-likeness (QED) is 0.633. The summed E-state index contributed by atoms with van der Waals surface area (Å²) in [5, 5.41) is 2.73. The van der Waals surface area contributed by atoms with E-state index in [4.69, 9.17) is 0 Å². The third kappa shape index (κ3) is 4.09. The standard InChI is InChI=1S/C19H22N4O4S/c1-3-22-16-7-5-6-8-17(16)23(19(22)25)13-18(24)20-14-9-11-15(12-10-14)21-28(26,27)4-2/h5-12,21H,3-4,13H2,1-2H3,(H,20,24). The van der Waals surface area contributed by atoms with E-state index >= 15 is 0 Å². The molecule has 148 valence electrons. The lowest BCUT2D eigenvalue weighted by Crippen LogP contribution is -2.29. The van der Waals surface area contributed by atoms with Gasteiger partial charge in [0.05, 0.1) is 16.8 Å². The lowest BCUT2D eigenvalue weighted by Gasteiger charge is -2.09. The average Bonchev–Trinajstić information content (AvgIpc) is 2.94. The molecule has 0 unspecified atom stereocenters. The lowest BCUT2D eigenvalue weighted by molar-refractivity contribution is -0.116. The molecule has 0 spiro atoms. The van der Waals surface area contributed by atoms with E-state index in [9.17, 15) is 18.0 Å². The summed E-state index contributed by atoms with van der Waals surface area (Å²) in [4.78, 5) is 25.0. The Morgan fingerprint density at radius 2 is 1.50 bits per heavy atom. The number of amides is 1. The van der Waals surface area contributed by atoms with Crippen LogP contribution >= 0.6 is 0 Å². The smallest absolute Gasteiger partial charge is 0.325 e. The van der Waals surface area contributed by atoms with E-state index in [1.165, 1.54) is 4.57 Å². The molecule has 0 bridgehead atoms. The van der Waals surface area contributed by atoms with Crippen LogP contribution in [0.3, 0.4) is 0 Å². The number of aryl methyl sites for hydroxylation is 1. The predicted molar refractivity (Wildman–Crippen MR) is 110 cm³/mol. The zero-order valence-corrected chi connectivity index (χ0v) is 16.5. The van der Waals surface area contributed by atoms with Gasteiger partial charge in [-0.05, 0) is 50.2 Å². The van der Waals surface area contributed by atoms with Gasteiger partial charge in [0, 0.05) is 17.9 Å². The number of hydrogen-bond donors (Lipinski definition) is 2. The van der Waals surface area contributed by atoms with Crippen LogP contribution < -0.4 is 15.7 Å². The molecule has 0 aliphatic carbocycles. The first-order valence-electron chi connectivity index (χ1n) is 8.93. The molecule has 1 amide bonds. The Morgan fingerprint density at radius 3 is 2.07 bits per heavy atom. The van der Waals surface area contributed by atoms with E-state index in [1.54, 1.807) is 35.8 Å². The second kappa shape index (κ2) is 7.89. The van der Waals surface area contributed by atoms with Gasteiger partial charge in [0.25, 0.3) is 0 Å². The Morgan fingerprint density at radius 1 is 0.929 bits per heavy atom. The van der Waals surface area contributed by atoms with Crippen LogP contribution in [0.4, 0.5) is 11.4 Å². The van der Waals surface area contributed by atoms with Gasteiger partial charge in [-0.15, -0.1) is 0 Å². The highest BCUT2D eigenvalue weighted by molar-refractivity contribution is 7.92. The minimum atomic E-state index is -3.35. The number of carbonyl (C=O) groups is 1. The molecule has 0 atom stereocenters. The van der Waals surface area contributed by atoms with Gasteiger partial charge in [-0.3, -0.25) is 18.7 Å². The van der Waals surface area contributed by atoms with Gasteiger partial charge in [0.2, 0.25) is 15.9 Å². The third-order valence-corrected chi connectivity index (χ3v) is 5.67. The van der Waals surface area contributed by atoms with Crippen molar-refractivity contribution >= 4 is 38.3 Å². The number of rotatable bonds is 7. The van der Waals surface area contributed by atoms with E-state index in [-0.39, 0.29) is 23.9 Å². The molecule has 0 radical (unpaired) electrons. The molecular formula is C19H22N4O4S. The maximum atomic E-state index is 12.6. The molecule has 0 aliphatic rings. The minimum absolute atomic E-state index is 0.0222. The molecular weight excluding hydrogens is 380 g/mol. The molecule has 0 saturated carbocycles. The maximum Gasteiger partial charge on any atom is 0.329 e. The van der Waals surface area contributed by atoms with Gasteiger partial charge in [-0.25, -0.2) is 13.2 Å². The molecule has 9 heteroatoms. The number of fused-ring (bicyclic) bond motifs is 1. The van der Waals surface area contributed by atoms with E-state index in [0.29, 0.717) is 23.4 Å². The number of hydrogen-bond acceptors (Lipinski definition) is 4. The Balaban J connectivity index is 1.76. The van der Waals surface area contributed by atoms with E-state index in [0.717, 1.165) is 5.52 Å². The van der Waals surface area contributed by atoms with Crippen molar-refractivity contribution in [3.05, 3.63) is 59.0 Å². The van der Waals surface area contributed by atoms with Crippen LogP contribution in [0.2, 0.25) is 0 Å². The van der Waals surface area contributed by atoms with E-state index < -0.39 is 10.0 Å². The summed E-state index contributed by atoms with van der Waals surface area (Å²) in [6, 6.07) is 13.7. The van der Waals surface area contributed by atoms with Crippen LogP contribution in [0.15, 0.2) is 53.3 Å². The van der Waals surface area contributed by atoms with Crippen LogP contribution in [0, 0.1) is 0 Å². The number of nitrogens with one attached hydrogen (secondary N) is 2. The van der Waals surface area contributed by atoms with Crippen molar-refractivity contribution in [3.63, 3.8) is 0 Å². The molecule has 1 aromatic heterocycles. The van der Waals surface area contributed by atoms with Crippen LogP contribution in [0.25, 0.3) is 11.0 Å². The number of para-hydroxylation sites is 2. The Labute approximate surface area is 162 Å². The molecule has 28 heavy (non-hydrogen) atoms. The molecule has 3 rings (SSSR count). The summed E-state index contributed by atoms with van der Waals surface area (Å²) in [5.41, 5.74) is 2.19. The van der Waals surface area contributed by atoms with Gasteiger partial charge >= 0.3 is 5.69 Å². The van der Waals surface area contributed by atoms with Crippen molar-refractivity contribution in [1.82, 2.24) is 9.13 Å². The highest BCUT2D eigenvalue weighted by Crippen LogP contribution is 2.16. The topological polar surface area (TPSA) is 102 Å². The molecule has 1 heterocycles. The molecule has 0 fully saturated rings. The summed E-state index contributed by atoms with van der Waals surface area (Å²) in [6.07, 6.45) is 0. The molecule has 2 N–H and O–H groups in total. The summed E-state index contributed by atoms with van der Waals surface area (Å²) in [6.45, 7) is 3.83. The number of benzene rings is 2. The number of nitrogens with zero attached hydrogens (tertiary/aromatic N) is 2. The highest BCUT2D eigenvalue weighted by Gasteiger charge is 2.14. The summed E-state index contributed by atoms with van der Waals surface area (Å²) < 4.78 is 28.7. The van der Waals surface area contributed by atoms with Crippen LogP contribution in [0.1, 0.15) is 13.8 Å². The molecule has 0 saturated heterocycles. The SMILES string of the molecule is CCn1c(=O)n(CC(=O)Nc2ccc(NS(=O)(=O)CC)cc2)c2ccccc21. The first-order valence-corrected chi connectivity index (χ1v) is 10.6. The van der Waals surface area contributed by atoms with Crippen molar-refractivity contribution in [2.75, 3.05) is 15.8 Å². The van der Waals surface area contributed by atoms with Crippen molar-refractivity contribution in [1.29, 1.82) is 0 Å². The second-order valence-electron chi connectivity index (χ2n) is 6.23. The number of carbonyl (C=O) groups excluding carboxylic acids is 1.